The second-order valence-electron chi connectivity index (χ2n) is 4.03. The largest absolute Gasteiger partial charge is 0.416 e. The Hall–Kier alpha value is -0.780. The summed E-state index contributed by atoms with van der Waals surface area (Å²) in [5.41, 5.74) is 0. The first-order chi connectivity index (χ1) is 7.88. The van der Waals surface area contributed by atoms with Crippen molar-refractivity contribution in [2.75, 3.05) is 6.54 Å². The third kappa shape index (κ3) is 8.97. The maximum absolute atomic E-state index is 11.9. The SMILES string of the molecule is CCCCCCCC(=O)NCC(O)C(F)(F)F. The molecule has 0 aliphatic carbocycles. The summed E-state index contributed by atoms with van der Waals surface area (Å²) in [5, 5.41) is 10.7. The highest BCUT2D eigenvalue weighted by Gasteiger charge is 2.38. The zero-order chi connectivity index (χ0) is 13.3. The van der Waals surface area contributed by atoms with Crippen LogP contribution in [-0.4, -0.2) is 29.8 Å². The number of halogens is 3. The van der Waals surface area contributed by atoms with E-state index in [1.807, 2.05) is 0 Å². The van der Waals surface area contributed by atoms with Crippen molar-refractivity contribution in [1.82, 2.24) is 5.32 Å². The van der Waals surface area contributed by atoms with E-state index in [2.05, 4.69) is 12.2 Å². The Morgan fingerprint density at radius 3 is 2.35 bits per heavy atom. The van der Waals surface area contributed by atoms with Crippen molar-refractivity contribution >= 4 is 5.91 Å². The molecular weight excluding hydrogens is 235 g/mol. The van der Waals surface area contributed by atoms with Crippen LogP contribution in [0.2, 0.25) is 0 Å². The molecule has 0 aromatic rings. The van der Waals surface area contributed by atoms with E-state index in [1.54, 1.807) is 0 Å². The van der Waals surface area contributed by atoms with Gasteiger partial charge in [-0.15, -0.1) is 0 Å². The fourth-order valence-electron chi connectivity index (χ4n) is 1.30. The zero-order valence-corrected chi connectivity index (χ0v) is 10.0. The number of amides is 1. The molecule has 0 saturated heterocycles. The first kappa shape index (κ1) is 16.2. The van der Waals surface area contributed by atoms with Gasteiger partial charge in [-0.05, 0) is 6.42 Å². The van der Waals surface area contributed by atoms with Gasteiger partial charge in [0.1, 0.15) is 0 Å². The van der Waals surface area contributed by atoms with E-state index >= 15 is 0 Å². The van der Waals surface area contributed by atoms with Crippen molar-refractivity contribution in [3.63, 3.8) is 0 Å². The number of aliphatic hydroxyl groups excluding tert-OH is 1. The van der Waals surface area contributed by atoms with Crippen molar-refractivity contribution in [3.8, 4) is 0 Å². The van der Waals surface area contributed by atoms with E-state index in [9.17, 15) is 18.0 Å². The predicted molar refractivity (Wildman–Crippen MR) is 58.4 cm³/mol. The normalized spacial score (nSPS) is 13.5. The Kier molecular flexibility index (Phi) is 7.95. The summed E-state index contributed by atoms with van der Waals surface area (Å²) in [7, 11) is 0. The maximum Gasteiger partial charge on any atom is 0.416 e. The molecule has 2 N–H and O–H groups in total. The molecule has 0 heterocycles. The second-order valence-corrected chi connectivity index (χ2v) is 4.03. The molecule has 1 unspecified atom stereocenters. The lowest BCUT2D eigenvalue weighted by molar-refractivity contribution is -0.201. The summed E-state index contributed by atoms with van der Waals surface area (Å²) in [5.74, 6) is -0.440. The summed E-state index contributed by atoms with van der Waals surface area (Å²) in [6, 6.07) is 0. The summed E-state index contributed by atoms with van der Waals surface area (Å²) >= 11 is 0. The highest BCUT2D eigenvalue weighted by atomic mass is 19.4. The Morgan fingerprint density at radius 1 is 1.24 bits per heavy atom. The van der Waals surface area contributed by atoms with E-state index < -0.39 is 24.7 Å². The highest BCUT2D eigenvalue weighted by Crippen LogP contribution is 2.19. The Morgan fingerprint density at radius 2 is 1.82 bits per heavy atom. The molecule has 1 amide bonds. The number of carbonyl (C=O) groups excluding carboxylic acids is 1. The van der Waals surface area contributed by atoms with Gasteiger partial charge in [-0.3, -0.25) is 4.79 Å². The van der Waals surface area contributed by atoms with Crippen molar-refractivity contribution in [3.05, 3.63) is 0 Å². The van der Waals surface area contributed by atoms with Gasteiger partial charge >= 0.3 is 6.18 Å². The number of hydrogen-bond donors (Lipinski definition) is 2. The van der Waals surface area contributed by atoms with E-state index in [1.165, 1.54) is 0 Å². The van der Waals surface area contributed by atoms with Crippen LogP contribution < -0.4 is 5.32 Å². The molecule has 0 fully saturated rings. The van der Waals surface area contributed by atoms with E-state index in [0.29, 0.717) is 6.42 Å². The van der Waals surface area contributed by atoms with Crippen LogP contribution in [0.15, 0.2) is 0 Å². The Bertz CT molecular complexity index is 219. The van der Waals surface area contributed by atoms with Crippen molar-refractivity contribution in [2.45, 2.75) is 57.7 Å². The molecule has 17 heavy (non-hydrogen) atoms. The third-order valence-corrected chi connectivity index (χ3v) is 2.38. The molecule has 0 aliphatic heterocycles. The minimum Gasteiger partial charge on any atom is -0.382 e. The first-order valence-electron chi connectivity index (χ1n) is 5.89. The van der Waals surface area contributed by atoms with Crippen LogP contribution in [0.3, 0.4) is 0 Å². The Labute approximate surface area is 99.4 Å². The fraction of sp³-hybridized carbons (Fsp3) is 0.909. The van der Waals surface area contributed by atoms with Crippen LogP contribution in [-0.2, 0) is 4.79 Å². The van der Waals surface area contributed by atoms with Crippen molar-refractivity contribution in [2.24, 2.45) is 0 Å². The number of rotatable bonds is 8. The lowest BCUT2D eigenvalue weighted by atomic mass is 10.1. The molecule has 0 aliphatic rings. The molecule has 0 spiro atoms. The maximum atomic E-state index is 11.9. The van der Waals surface area contributed by atoms with E-state index in [0.717, 1.165) is 25.7 Å². The number of nitrogens with one attached hydrogen (secondary N) is 1. The third-order valence-electron chi connectivity index (χ3n) is 2.38. The van der Waals surface area contributed by atoms with Gasteiger partial charge in [-0.1, -0.05) is 32.6 Å². The molecule has 0 aromatic carbocycles. The van der Waals surface area contributed by atoms with Crippen molar-refractivity contribution in [1.29, 1.82) is 0 Å². The van der Waals surface area contributed by atoms with E-state index in [-0.39, 0.29) is 6.42 Å². The van der Waals surface area contributed by atoms with Crippen LogP contribution in [0.5, 0.6) is 0 Å². The van der Waals surface area contributed by atoms with Crippen LogP contribution in [0.25, 0.3) is 0 Å². The Balaban J connectivity index is 3.53. The zero-order valence-electron chi connectivity index (χ0n) is 10.0. The number of unbranched alkanes of at least 4 members (excludes halogenated alkanes) is 4. The number of hydrogen-bond acceptors (Lipinski definition) is 2. The molecule has 0 aromatic heterocycles. The molecule has 0 saturated carbocycles. The van der Waals surface area contributed by atoms with Gasteiger partial charge in [0.05, 0.1) is 6.54 Å². The number of alkyl halides is 3. The first-order valence-corrected chi connectivity index (χ1v) is 5.89. The molecule has 0 bridgehead atoms. The smallest absolute Gasteiger partial charge is 0.382 e. The summed E-state index contributed by atoms with van der Waals surface area (Å²) < 4.78 is 35.7. The summed E-state index contributed by atoms with van der Waals surface area (Å²) in [6.07, 6.45) is -2.11. The number of aliphatic hydroxyl groups is 1. The van der Waals surface area contributed by atoms with Crippen molar-refractivity contribution < 1.29 is 23.1 Å². The van der Waals surface area contributed by atoms with E-state index in [4.69, 9.17) is 5.11 Å². The van der Waals surface area contributed by atoms with Gasteiger partial charge in [0.2, 0.25) is 5.91 Å². The van der Waals surface area contributed by atoms with Gasteiger partial charge in [0.15, 0.2) is 6.10 Å². The van der Waals surface area contributed by atoms with Crippen LogP contribution in [0.1, 0.15) is 45.4 Å². The van der Waals surface area contributed by atoms with Gasteiger partial charge < -0.3 is 10.4 Å². The van der Waals surface area contributed by atoms with Gasteiger partial charge in [-0.2, -0.15) is 13.2 Å². The average molecular weight is 255 g/mol. The van der Waals surface area contributed by atoms with Gasteiger partial charge in [0.25, 0.3) is 0 Å². The van der Waals surface area contributed by atoms with Crippen LogP contribution >= 0.6 is 0 Å². The second kappa shape index (κ2) is 8.33. The predicted octanol–water partition coefficient (Wildman–Crippen LogP) is 2.39. The topological polar surface area (TPSA) is 49.3 Å². The lowest BCUT2D eigenvalue weighted by Gasteiger charge is -2.14. The molecule has 1 atom stereocenters. The molecule has 0 rings (SSSR count). The average Bonchev–Trinajstić information content (AvgIpc) is 2.24. The molecule has 3 nitrogen and oxygen atoms in total. The quantitative estimate of drug-likeness (QED) is 0.654. The number of carbonyl (C=O) groups is 1. The van der Waals surface area contributed by atoms with Crippen LogP contribution in [0.4, 0.5) is 13.2 Å². The summed E-state index contributed by atoms with van der Waals surface area (Å²) in [6.45, 7) is 1.31. The van der Waals surface area contributed by atoms with Crippen LogP contribution in [0, 0.1) is 0 Å². The van der Waals surface area contributed by atoms with Gasteiger partial charge in [0, 0.05) is 6.42 Å². The molecule has 102 valence electrons. The minimum absolute atomic E-state index is 0.217. The monoisotopic (exact) mass is 255 g/mol. The van der Waals surface area contributed by atoms with Gasteiger partial charge in [-0.25, -0.2) is 0 Å². The lowest BCUT2D eigenvalue weighted by Crippen LogP contribution is -2.40. The molecular formula is C11H20F3NO2. The molecule has 6 heteroatoms. The molecule has 0 radical (unpaired) electrons. The fourth-order valence-corrected chi connectivity index (χ4v) is 1.30. The highest BCUT2D eigenvalue weighted by molar-refractivity contribution is 5.75. The summed E-state index contributed by atoms with van der Waals surface area (Å²) in [4.78, 5) is 11.1. The minimum atomic E-state index is -4.67. The standard InChI is InChI=1S/C11H20F3NO2/c1-2-3-4-5-6-7-10(17)15-8-9(16)11(12,13)14/h9,16H,2-8H2,1H3,(H,15,17).